The van der Waals surface area contributed by atoms with Crippen molar-refractivity contribution in [2.24, 2.45) is 5.92 Å². The van der Waals surface area contributed by atoms with E-state index in [4.69, 9.17) is 4.74 Å². The van der Waals surface area contributed by atoms with Crippen molar-refractivity contribution in [2.75, 3.05) is 13.1 Å². The summed E-state index contributed by atoms with van der Waals surface area (Å²) >= 11 is 0. The standard InChI is InChI=1S/C25H27N3O2/c1-19-6-4-9-23(14-19)30-24-10-5-7-20(15-24)17-28-13-11-21(18-28)25(29)27-16-22-8-2-3-12-26-22/h2-10,12,14-15,21H,11,13,16-18H2,1H3,(H,27,29). The Labute approximate surface area is 177 Å². The summed E-state index contributed by atoms with van der Waals surface area (Å²) in [6.45, 7) is 5.05. The zero-order valence-corrected chi connectivity index (χ0v) is 17.3. The molecule has 0 spiro atoms. The number of carbonyl (C=O) groups is 1. The number of hydrogen-bond acceptors (Lipinski definition) is 4. The Balaban J connectivity index is 1.29. The number of nitrogens with one attached hydrogen (secondary N) is 1. The predicted octanol–water partition coefficient (Wildman–Crippen LogP) is 4.32. The number of likely N-dealkylation sites (tertiary alicyclic amines) is 1. The van der Waals surface area contributed by atoms with Gasteiger partial charge < -0.3 is 10.1 Å². The molecule has 1 aliphatic rings. The van der Waals surface area contributed by atoms with Gasteiger partial charge in [0, 0.05) is 19.3 Å². The van der Waals surface area contributed by atoms with E-state index in [1.54, 1.807) is 6.20 Å². The lowest BCUT2D eigenvalue weighted by atomic mass is 10.1. The Morgan fingerprint density at radius 3 is 2.73 bits per heavy atom. The normalized spacial score (nSPS) is 16.4. The topological polar surface area (TPSA) is 54.5 Å². The van der Waals surface area contributed by atoms with Crippen LogP contribution in [0.1, 0.15) is 23.2 Å². The van der Waals surface area contributed by atoms with Gasteiger partial charge in [0.15, 0.2) is 0 Å². The van der Waals surface area contributed by atoms with Crippen LogP contribution in [0.15, 0.2) is 72.9 Å². The van der Waals surface area contributed by atoms with Crippen LogP contribution in [0.4, 0.5) is 0 Å². The van der Waals surface area contributed by atoms with E-state index in [1.807, 2.05) is 48.5 Å². The molecule has 4 rings (SSSR count). The monoisotopic (exact) mass is 401 g/mol. The van der Waals surface area contributed by atoms with Crippen LogP contribution < -0.4 is 10.1 Å². The Morgan fingerprint density at radius 2 is 1.93 bits per heavy atom. The molecule has 1 saturated heterocycles. The third-order valence-electron chi connectivity index (χ3n) is 5.34. The summed E-state index contributed by atoms with van der Waals surface area (Å²) in [6.07, 6.45) is 2.63. The highest BCUT2D eigenvalue weighted by Gasteiger charge is 2.28. The molecule has 0 bridgehead atoms. The second-order valence-electron chi connectivity index (χ2n) is 7.83. The number of hydrogen-bond donors (Lipinski definition) is 1. The molecular weight excluding hydrogens is 374 g/mol. The molecule has 3 aromatic rings. The van der Waals surface area contributed by atoms with Gasteiger partial charge in [-0.15, -0.1) is 0 Å². The summed E-state index contributed by atoms with van der Waals surface area (Å²) in [5.74, 6) is 1.82. The molecule has 1 aliphatic heterocycles. The number of benzene rings is 2. The minimum Gasteiger partial charge on any atom is -0.457 e. The van der Waals surface area contributed by atoms with Crippen molar-refractivity contribution >= 4 is 5.91 Å². The Morgan fingerprint density at radius 1 is 1.10 bits per heavy atom. The van der Waals surface area contributed by atoms with Gasteiger partial charge in [0.05, 0.1) is 18.2 Å². The minimum absolute atomic E-state index is 0.0282. The highest BCUT2D eigenvalue weighted by Crippen LogP contribution is 2.25. The molecule has 1 atom stereocenters. The van der Waals surface area contributed by atoms with Gasteiger partial charge in [-0.1, -0.05) is 30.3 Å². The lowest BCUT2D eigenvalue weighted by molar-refractivity contribution is -0.124. The summed E-state index contributed by atoms with van der Waals surface area (Å²) in [6, 6.07) is 22.0. The molecule has 154 valence electrons. The van der Waals surface area contributed by atoms with E-state index >= 15 is 0 Å². The van der Waals surface area contributed by atoms with Gasteiger partial charge in [0.1, 0.15) is 11.5 Å². The quantitative estimate of drug-likeness (QED) is 0.641. The fourth-order valence-electron chi connectivity index (χ4n) is 3.80. The van der Waals surface area contributed by atoms with Crippen LogP contribution in [0.5, 0.6) is 11.5 Å². The molecule has 0 aliphatic carbocycles. The average Bonchev–Trinajstić information content (AvgIpc) is 3.22. The van der Waals surface area contributed by atoms with E-state index in [0.717, 1.165) is 43.2 Å². The van der Waals surface area contributed by atoms with Crippen molar-refractivity contribution in [3.05, 3.63) is 89.7 Å². The highest BCUT2D eigenvalue weighted by molar-refractivity contribution is 5.79. The number of rotatable bonds is 7. The molecular formula is C25H27N3O2. The first-order valence-electron chi connectivity index (χ1n) is 10.4. The fraction of sp³-hybridized carbons (Fsp3) is 0.280. The van der Waals surface area contributed by atoms with Crippen molar-refractivity contribution in [1.29, 1.82) is 0 Å². The molecule has 2 heterocycles. The predicted molar refractivity (Wildman–Crippen MR) is 117 cm³/mol. The van der Waals surface area contributed by atoms with Crippen LogP contribution in [-0.4, -0.2) is 28.9 Å². The molecule has 1 amide bonds. The maximum atomic E-state index is 12.5. The number of carbonyl (C=O) groups excluding carboxylic acids is 1. The molecule has 5 nitrogen and oxygen atoms in total. The van der Waals surface area contributed by atoms with E-state index in [1.165, 1.54) is 11.1 Å². The molecule has 30 heavy (non-hydrogen) atoms. The number of nitrogens with zero attached hydrogens (tertiary/aromatic N) is 2. The van der Waals surface area contributed by atoms with E-state index in [2.05, 4.69) is 40.3 Å². The average molecular weight is 402 g/mol. The SMILES string of the molecule is Cc1cccc(Oc2cccc(CN3CCC(C(=O)NCc4ccccn4)C3)c2)c1. The number of aromatic nitrogens is 1. The Kier molecular flexibility index (Phi) is 6.40. The molecule has 1 aromatic heterocycles. The number of aryl methyl sites for hydroxylation is 1. The summed E-state index contributed by atoms with van der Waals surface area (Å²) < 4.78 is 6.01. The second-order valence-corrected chi connectivity index (χ2v) is 7.83. The van der Waals surface area contributed by atoms with E-state index in [-0.39, 0.29) is 11.8 Å². The van der Waals surface area contributed by atoms with Gasteiger partial charge in [0.25, 0.3) is 0 Å². The zero-order chi connectivity index (χ0) is 20.8. The number of ether oxygens (including phenoxy) is 1. The van der Waals surface area contributed by atoms with Crippen molar-refractivity contribution in [2.45, 2.75) is 26.4 Å². The molecule has 1 unspecified atom stereocenters. The van der Waals surface area contributed by atoms with E-state index in [9.17, 15) is 4.79 Å². The van der Waals surface area contributed by atoms with Crippen LogP contribution in [0, 0.1) is 12.8 Å². The van der Waals surface area contributed by atoms with Gasteiger partial charge in [-0.2, -0.15) is 0 Å². The number of amides is 1. The highest BCUT2D eigenvalue weighted by atomic mass is 16.5. The second kappa shape index (κ2) is 9.55. The van der Waals surface area contributed by atoms with Gasteiger partial charge >= 0.3 is 0 Å². The lowest BCUT2D eigenvalue weighted by Gasteiger charge is -2.17. The van der Waals surface area contributed by atoms with Crippen molar-refractivity contribution in [1.82, 2.24) is 15.2 Å². The van der Waals surface area contributed by atoms with E-state index in [0.29, 0.717) is 6.54 Å². The first-order chi connectivity index (χ1) is 14.7. The fourth-order valence-corrected chi connectivity index (χ4v) is 3.80. The van der Waals surface area contributed by atoms with Crippen LogP contribution >= 0.6 is 0 Å². The molecule has 1 fully saturated rings. The first-order valence-corrected chi connectivity index (χ1v) is 10.4. The van der Waals surface area contributed by atoms with Crippen LogP contribution in [-0.2, 0) is 17.9 Å². The van der Waals surface area contributed by atoms with Gasteiger partial charge in [-0.3, -0.25) is 14.7 Å². The first kappa shape index (κ1) is 20.1. The molecule has 2 aromatic carbocycles. The lowest BCUT2D eigenvalue weighted by Crippen LogP contribution is -2.32. The maximum Gasteiger partial charge on any atom is 0.224 e. The van der Waals surface area contributed by atoms with Gasteiger partial charge in [0.2, 0.25) is 5.91 Å². The van der Waals surface area contributed by atoms with E-state index < -0.39 is 0 Å². The third kappa shape index (κ3) is 5.45. The van der Waals surface area contributed by atoms with Crippen molar-refractivity contribution in [3.63, 3.8) is 0 Å². The van der Waals surface area contributed by atoms with Crippen molar-refractivity contribution in [3.8, 4) is 11.5 Å². The van der Waals surface area contributed by atoms with Crippen LogP contribution in [0.2, 0.25) is 0 Å². The summed E-state index contributed by atoms with van der Waals surface area (Å²) in [4.78, 5) is 19.1. The Bertz CT molecular complexity index is 990. The van der Waals surface area contributed by atoms with Crippen LogP contribution in [0.3, 0.4) is 0 Å². The molecule has 0 radical (unpaired) electrons. The Hall–Kier alpha value is -3.18. The summed E-state index contributed by atoms with van der Waals surface area (Å²) in [7, 11) is 0. The smallest absolute Gasteiger partial charge is 0.224 e. The summed E-state index contributed by atoms with van der Waals surface area (Å²) in [5.41, 5.74) is 3.24. The third-order valence-corrected chi connectivity index (χ3v) is 5.34. The zero-order valence-electron chi connectivity index (χ0n) is 17.3. The van der Waals surface area contributed by atoms with Gasteiger partial charge in [-0.05, 0) is 67.4 Å². The largest absolute Gasteiger partial charge is 0.457 e. The van der Waals surface area contributed by atoms with Gasteiger partial charge in [-0.25, -0.2) is 0 Å². The van der Waals surface area contributed by atoms with Crippen molar-refractivity contribution < 1.29 is 9.53 Å². The summed E-state index contributed by atoms with van der Waals surface area (Å²) in [5, 5.41) is 3.02. The van der Waals surface area contributed by atoms with Crippen LogP contribution in [0.25, 0.3) is 0 Å². The molecule has 0 saturated carbocycles. The molecule has 5 heteroatoms. The number of pyridine rings is 1. The minimum atomic E-state index is 0.0282. The maximum absolute atomic E-state index is 12.5. The molecule has 1 N–H and O–H groups in total.